The molecule has 0 heterocycles. The van der Waals surface area contributed by atoms with E-state index < -0.39 is 6.10 Å². The predicted octanol–water partition coefficient (Wildman–Crippen LogP) is 8.30. The standard InChI is InChI=1S/C30H58O5/c1-4-5-6-7-13-17-20-23-29(32)34-25-28(31)26-35-30(33)24-21-18-15-12-10-8-9-11-14-16-19-22-27(2)3/h27-28,31H,4-26H2,1-3H3/t28-/m0/s1. The topological polar surface area (TPSA) is 72.8 Å². The maximum Gasteiger partial charge on any atom is 0.305 e. The molecule has 0 saturated carbocycles. The van der Waals surface area contributed by atoms with Crippen LogP contribution in [0, 0.1) is 5.92 Å². The van der Waals surface area contributed by atoms with Crippen molar-refractivity contribution < 1.29 is 24.2 Å². The van der Waals surface area contributed by atoms with Crippen LogP contribution in [0.25, 0.3) is 0 Å². The summed E-state index contributed by atoms with van der Waals surface area (Å²) in [6.45, 7) is 6.58. The van der Waals surface area contributed by atoms with Crippen molar-refractivity contribution in [2.45, 2.75) is 162 Å². The van der Waals surface area contributed by atoms with Gasteiger partial charge in [0, 0.05) is 12.8 Å². The Morgan fingerprint density at radius 2 is 0.914 bits per heavy atom. The van der Waals surface area contributed by atoms with Gasteiger partial charge in [0.1, 0.15) is 19.3 Å². The van der Waals surface area contributed by atoms with Gasteiger partial charge in [0.15, 0.2) is 0 Å². The Morgan fingerprint density at radius 3 is 1.29 bits per heavy atom. The number of aliphatic hydroxyl groups excluding tert-OH is 1. The van der Waals surface area contributed by atoms with Crippen LogP contribution in [0.15, 0.2) is 0 Å². The third kappa shape index (κ3) is 27.3. The van der Waals surface area contributed by atoms with E-state index >= 15 is 0 Å². The lowest BCUT2D eigenvalue weighted by Gasteiger charge is -2.12. The molecule has 5 heteroatoms. The molecule has 0 aliphatic carbocycles. The zero-order valence-corrected chi connectivity index (χ0v) is 23.5. The first-order valence-corrected chi connectivity index (χ1v) is 14.9. The molecule has 0 saturated heterocycles. The SMILES string of the molecule is CCCCCCCCCC(=O)OC[C@H](O)COC(=O)CCCCCCCCCCCCCC(C)C. The number of carbonyl (C=O) groups excluding carboxylic acids is 2. The molecule has 0 aliphatic heterocycles. The fourth-order valence-corrected chi connectivity index (χ4v) is 4.21. The molecule has 0 amide bonds. The highest BCUT2D eigenvalue weighted by Gasteiger charge is 2.12. The second kappa shape index (κ2) is 26.0. The van der Waals surface area contributed by atoms with Gasteiger partial charge in [0.05, 0.1) is 0 Å². The number of carbonyl (C=O) groups is 2. The normalized spacial score (nSPS) is 12.1. The number of rotatable bonds is 26. The maximum absolute atomic E-state index is 11.8. The Kier molecular flexibility index (Phi) is 25.2. The molecule has 0 aliphatic rings. The van der Waals surface area contributed by atoms with Gasteiger partial charge in [-0.05, 0) is 18.8 Å². The summed E-state index contributed by atoms with van der Waals surface area (Å²) in [6.07, 6.45) is 23.0. The minimum atomic E-state index is -0.952. The minimum absolute atomic E-state index is 0.110. The van der Waals surface area contributed by atoms with E-state index in [0.717, 1.165) is 38.0 Å². The van der Waals surface area contributed by atoms with Crippen LogP contribution in [-0.2, 0) is 19.1 Å². The van der Waals surface area contributed by atoms with Crippen molar-refractivity contribution in [1.82, 2.24) is 0 Å². The number of hydrogen-bond donors (Lipinski definition) is 1. The van der Waals surface area contributed by atoms with E-state index in [4.69, 9.17) is 9.47 Å². The average molecular weight is 499 g/mol. The smallest absolute Gasteiger partial charge is 0.305 e. The lowest BCUT2D eigenvalue weighted by Crippen LogP contribution is -2.25. The highest BCUT2D eigenvalue weighted by atomic mass is 16.6. The summed E-state index contributed by atoms with van der Waals surface area (Å²) >= 11 is 0. The molecular weight excluding hydrogens is 440 g/mol. The van der Waals surface area contributed by atoms with Crippen LogP contribution in [0.3, 0.4) is 0 Å². The fraction of sp³-hybridized carbons (Fsp3) is 0.933. The van der Waals surface area contributed by atoms with Gasteiger partial charge in [-0.15, -0.1) is 0 Å². The Bertz CT molecular complexity index is 477. The fourth-order valence-electron chi connectivity index (χ4n) is 4.21. The van der Waals surface area contributed by atoms with E-state index in [9.17, 15) is 14.7 Å². The van der Waals surface area contributed by atoms with Crippen molar-refractivity contribution in [3.63, 3.8) is 0 Å². The van der Waals surface area contributed by atoms with Crippen molar-refractivity contribution in [2.75, 3.05) is 13.2 Å². The van der Waals surface area contributed by atoms with Crippen molar-refractivity contribution in [3.8, 4) is 0 Å². The number of aliphatic hydroxyl groups is 1. The van der Waals surface area contributed by atoms with Crippen LogP contribution in [0.4, 0.5) is 0 Å². The second-order valence-electron chi connectivity index (χ2n) is 10.7. The van der Waals surface area contributed by atoms with Crippen molar-refractivity contribution in [3.05, 3.63) is 0 Å². The zero-order chi connectivity index (χ0) is 26.0. The predicted molar refractivity (Wildman–Crippen MR) is 145 cm³/mol. The first-order valence-electron chi connectivity index (χ1n) is 14.9. The van der Waals surface area contributed by atoms with Crippen molar-refractivity contribution in [2.24, 2.45) is 5.92 Å². The van der Waals surface area contributed by atoms with E-state index in [0.29, 0.717) is 12.8 Å². The third-order valence-corrected chi connectivity index (χ3v) is 6.52. The van der Waals surface area contributed by atoms with Crippen LogP contribution in [0.1, 0.15) is 156 Å². The largest absolute Gasteiger partial charge is 0.463 e. The summed E-state index contributed by atoms with van der Waals surface area (Å²) in [5.74, 6) is 0.269. The number of unbranched alkanes of at least 4 members (excludes halogenated alkanes) is 16. The number of ether oxygens (including phenoxy) is 2. The molecule has 0 fully saturated rings. The first-order chi connectivity index (χ1) is 17.0. The van der Waals surface area contributed by atoms with Gasteiger partial charge in [-0.2, -0.15) is 0 Å². The van der Waals surface area contributed by atoms with Crippen LogP contribution >= 0.6 is 0 Å². The van der Waals surface area contributed by atoms with Crippen LogP contribution in [-0.4, -0.2) is 36.4 Å². The number of hydrogen-bond acceptors (Lipinski definition) is 5. The Labute approximate surface area is 217 Å². The van der Waals surface area contributed by atoms with Gasteiger partial charge in [0.25, 0.3) is 0 Å². The molecule has 0 spiro atoms. The molecule has 208 valence electrons. The third-order valence-electron chi connectivity index (χ3n) is 6.52. The van der Waals surface area contributed by atoms with E-state index in [2.05, 4.69) is 20.8 Å². The summed E-state index contributed by atoms with van der Waals surface area (Å²) in [5, 5.41) is 9.88. The summed E-state index contributed by atoms with van der Waals surface area (Å²) in [4.78, 5) is 23.6. The zero-order valence-electron chi connectivity index (χ0n) is 23.5. The lowest BCUT2D eigenvalue weighted by atomic mass is 10.0. The van der Waals surface area contributed by atoms with Crippen LogP contribution in [0.2, 0.25) is 0 Å². The Balaban J connectivity index is 3.41. The monoisotopic (exact) mass is 498 g/mol. The molecule has 0 aromatic heterocycles. The lowest BCUT2D eigenvalue weighted by molar-refractivity contribution is -0.152. The molecule has 0 rings (SSSR count). The molecule has 5 nitrogen and oxygen atoms in total. The van der Waals surface area contributed by atoms with Gasteiger partial charge in [-0.3, -0.25) is 9.59 Å². The van der Waals surface area contributed by atoms with Gasteiger partial charge in [0.2, 0.25) is 0 Å². The Morgan fingerprint density at radius 1 is 0.571 bits per heavy atom. The Hall–Kier alpha value is -1.10. The van der Waals surface area contributed by atoms with Gasteiger partial charge in [-0.25, -0.2) is 0 Å². The first kappa shape index (κ1) is 33.9. The van der Waals surface area contributed by atoms with E-state index in [1.165, 1.54) is 89.9 Å². The average Bonchev–Trinajstić information content (AvgIpc) is 2.83. The van der Waals surface area contributed by atoms with E-state index in [1.807, 2.05) is 0 Å². The molecule has 0 aromatic carbocycles. The maximum atomic E-state index is 11.8. The van der Waals surface area contributed by atoms with E-state index in [1.54, 1.807) is 0 Å². The number of esters is 2. The molecular formula is C30H58O5. The molecule has 1 N–H and O–H groups in total. The van der Waals surface area contributed by atoms with Gasteiger partial charge >= 0.3 is 11.9 Å². The summed E-state index contributed by atoms with van der Waals surface area (Å²) in [6, 6.07) is 0. The molecule has 0 unspecified atom stereocenters. The molecule has 0 aromatic rings. The van der Waals surface area contributed by atoms with E-state index in [-0.39, 0.29) is 25.2 Å². The van der Waals surface area contributed by atoms with Crippen LogP contribution < -0.4 is 0 Å². The van der Waals surface area contributed by atoms with Crippen LogP contribution in [0.5, 0.6) is 0 Å². The highest BCUT2D eigenvalue weighted by Crippen LogP contribution is 2.14. The minimum Gasteiger partial charge on any atom is -0.463 e. The molecule has 0 bridgehead atoms. The highest BCUT2D eigenvalue weighted by molar-refractivity contribution is 5.69. The van der Waals surface area contributed by atoms with Gasteiger partial charge in [-0.1, -0.05) is 130 Å². The molecule has 35 heavy (non-hydrogen) atoms. The summed E-state index contributed by atoms with van der Waals surface area (Å²) in [5.41, 5.74) is 0. The molecule has 0 radical (unpaired) electrons. The summed E-state index contributed by atoms with van der Waals surface area (Å²) < 4.78 is 10.2. The van der Waals surface area contributed by atoms with Gasteiger partial charge < -0.3 is 14.6 Å². The van der Waals surface area contributed by atoms with Crippen molar-refractivity contribution >= 4 is 11.9 Å². The van der Waals surface area contributed by atoms with Crippen molar-refractivity contribution in [1.29, 1.82) is 0 Å². The quantitative estimate of drug-likeness (QED) is 0.0959. The summed E-state index contributed by atoms with van der Waals surface area (Å²) in [7, 11) is 0. The molecule has 1 atom stereocenters. The second-order valence-corrected chi connectivity index (χ2v) is 10.7.